The summed E-state index contributed by atoms with van der Waals surface area (Å²) >= 11 is 0. The number of nitrogens with zero attached hydrogens (tertiary/aromatic N) is 1. The van der Waals surface area contributed by atoms with Gasteiger partial charge in [-0.05, 0) is 26.7 Å². The van der Waals surface area contributed by atoms with Crippen molar-refractivity contribution in [1.29, 1.82) is 0 Å². The zero-order valence-electron chi connectivity index (χ0n) is 9.82. The average Bonchev–Trinajstić information content (AvgIpc) is 2.49. The standard InChI is InChI=1S/C11H23NO2/c1-9(2)12-10(7-13-3)5-6-11(12)8-14-4/h9-11H,5-8H2,1-4H3/t10-,11-/m1/s1. The SMILES string of the molecule is COC[C@H]1CC[C@H](COC)N1C(C)C. The Balaban J connectivity index is 2.54. The van der Waals surface area contributed by atoms with Gasteiger partial charge in [0.15, 0.2) is 0 Å². The second-order valence-electron chi connectivity index (χ2n) is 4.34. The third-order valence-corrected chi connectivity index (χ3v) is 2.99. The first-order chi connectivity index (χ1) is 6.70. The van der Waals surface area contributed by atoms with Crippen LogP contribution in [-0.4, -0.2) is 50.5 Å². The van der Waals surface area contributed by atoms with Crippen LogP contribution in [0.15, 0.2) is 0 Å². The molecular formula is C11H23NO2. The van der Waals surface area contributed by atoms with Crippen LogP contribution in [0.3, 0.4) is 0 Å². The van der Waals surface area contributed by atoms with Crippen LogP contribution < -0.4 is 0 Å². The first-order valence-corrected chi connectivity index (χ1v) is 5.46. The van der Waals surface area contributed by atoms with Crippen molar-refractivity contribution in [3.8, 4) is 0 Å². The fourth-order valence-corrected chi connectivity index (χ4v) is 2.55. The predicted octanol–water partition coefficient (Wildman–Crippen LogP) is 1.52. The van der Waals surface area contributed by atoms with Gasteiger partial charge in [0.25, 0.3) is 0 Å². The normalized spacial score (nSPS) is 28.9. The van der Waals surface area contributed by atoms with Crippen LogP contribution in [0, 0.1) is 0 Å². The van der Waals surface area contributed by atoms with E-state index < -0.39 is 0 Å². The van der Waals surface area contributed by atoms with Gasteiger partial charge in [-0.2, -0.15) is 0 Å². The zero-order valence-corrected chi connectivity index (χ0v) is 9.82. The summed E-state index contributed by atoms with van der Waals surface area (Å²) < 4.78 is 10.5. The number of hydrogen-bond acceptors (Lipinski definition) is 3. The topological polar surface area (TPSA) is 21.7 Å². The summed E-state index contributed by atoms with van der Waals surface area (Å²) in [5.74, 6) is 0. The lowest BCUT2D eigenvalue weighted by Crippen LogP contribution is -2.44. The summed E-state index contributed by atoms with van der Waals surface area (Å²) in [5.41, 5.74) is 0. The van der Waals surface area contributed by atoms with Crippen molar-refractivity contribution in [2.75, 3.05) is 27.4 Å². The minimum Gasteiger partial charge on any atom is -0.383 e. The molecule has 0 aromatic heterocycles. The van der Waals surface area contributed by atoms with Gasteiger partial charge >= 0.3 is 0 Å². The van der Waals surface area contributed by atoms with Gasteiger partial charge in [-0.25, -0.2) is 0 Å². The minimum absolute atomic E-state index is 0.581. The van der Waals surface area contributed by atoms with Crippen molar-refractivity contribution in [3.63, 3.8) is 0 Å². The van der Waals surface area contributed by atoms with Crippen LogP contribution in [0.1, 0.15) is 26.7 Å². The smallest absolute Gasteiger partial charge is 0.0618 e. The highest BCUT2D eigenvalue weighted by Crippen LogP contribution is 2.26. The molecule has 0 N–H and O–H groups in total. The van der Waals surface area contributed by atoms with Gasteiger partial charge in [-0.3, -0.25) is 4.90 Å². The van der Waals surface area contributed by atoms with Crippen molar-refractivity contribution in [1.82, 2.24) is 4.90 Å². The van der Waals surface area contributed by atoms with Crippen LogP contribution in [0.5, 0.6) is 0 Å². The molecule has 1 heterocycles. The van der Waals surface area contributed by atoms with Gasteiger partial charge < -0.3 is 9.47 Å². The van der Waals surface area contributed by atoms with Crippen molar-refractivity contribution >= 4 is 0 Å². The molecule has 0 radical (unpaired) electrons. The van der Waals surface area contributed by atoms with E-state index in [0.717, 1.165) is 13.2 Å². The molecule has 1 aliphatic heterocycles. The second kappa shape index (κ2) is 5.69. The molecule has 1 aliphatic rings. The third kappa shape index (κ3) is 2.69. The Morgan fingerprint density at radius 2 is 1.50 bits per heavy atom. The van der Waals surface area contributed by atoms with Crippen LogP contribution in [0.25, 0.3) is 0 Å². The van der Waals surface area contributed by atoms with Crippen molar-refractivity contribution in [3.05, 3.63) is 0 Å². The molecule has 1 fully saturated rings. The van der Waals surface area contributed by atoms with Crippen molar-refractivity contribution < 1.29 is 9.47 Å². The van der Waals surface area contributed by atoms with Gasteiger partial charge in [0.05, 0.1) is 13.2 Å². The fraction of sp³-hybridized carbons (Fsp3) is 1.00. The molecule has 0 bridgehead atoms. The van der Waals surface area contributed by atoms with E-state index in [-0.39, 0.29) is 0 Å². The highest BCUT2D eigenvalue weighted by molar-refractivity contribution is 4.89. The van der Waals surface area contributed by atoms with Crippen molar-refractivity contribution in [2.24, 2.45) is 0 Å². The van der Waals surface area contributed by atoms with Crippen LogP contribution >= 0.6 is 0 Å². The quantitative estimate of drug-likeness (QED) is 0.673. The number of hydrogen-bond donors (Lipinski definition) is 0. The Kier molecular flexibility index (Phi) is 4.85. The minimum atomic E-state index is 0.581. The molecule has 0 saturated carbocycles. The largest absolute Gasteiger partial charge is 0.383 e. The first kappa shape index (κ1) is 12.0. The van der Waals surface area contributed by atoms with E-state index in [1.54, 1.807) is 14.2 Å². The number of ether oxygens (including phenoxy) is 2. The highest BCUT2D eigenvalue weighted by Gasteiger charge is 2.34. The maximum atomic E-state index is 5.25. The Hall–Kier alpha value is -0.120. The summed E-state index contributed by atoms with van der Waals surface area (Å²) in [6, 6.07) is 1.75. The van der Waals surface area contributed by atoms with Gasteiger partial charge in [-0.15, -0.1) is 0 Å². The Morgan fingerprint density at radius 1 is 1.07 bits per heavy atom. The summed E-state index contributed by atoms with van der Waals surface area (Å²) in [5, 5.41) is 0. The molecule has 0 aromatic rings. The maximum Gasteiger partial charge on any atom is 0.0618 e. The van der Waals surface area contributed by atoms with Gasteiger partial charge in [0, 0.05) is 32.3 Å². The lowest BCUT2D eigenvalue weighted by molar-refractivity contribution is 0.0436. The van der Waals surface area contributed by atoms with E-state index in [4.69, 9.17) is 9.47 Å². The van der Waals surface area contributed by atoms with Gasteiger partial charge in [0.1, 0.15) is 0 Å². The molecule has 0 unspecified atom stereocenters. The summed E-state index contributed by atoms with van der Waals surface area (Å²) in [6.07, 6.45) is 2.47. The molecule has 0 amide bonds. The number of methoxy groups -OCH3 is 2. The van der Waals surface area contributed by atoms with Crippen LogP contribution in [0.2, 0.25) is 0 Å². The van der Waals surface area contributed by atoms with E-state index in [0.29, 0.717) is 18.1 Å². The number of rotatable bonds is 5. The molecule has 2 atom stereocenters. The van der Waals surface area contributed by atoms with Gasteiger partial charge in [-0.1, -0.05) is 0 Å². The van der Waals surface area contributed by atoms with Gasteiger partial charge in [0.2, 0.25) is 0 Å². The molecule has 14 heavy (non-hydrogen) atoms. The molecule has 0 aliphatic carbocycles. The summed E-state index contributed by atoms with van der Waals surface area (Å²) in [7, 11) is 3.56. The number of likely N-dealkylation sites (tertiary alicyclic amines) is 1. The van der Waals surface area contributed by atoms with E-state index >= 15 is 0 Å². The predicted molar refractivity (Wildman–Crippen MR) is 57.5 cm³/mol. The highest BCUT2D eigenvalue weighted by atomic mass is 16.5. The molecule has 1 saturated heterocycles. The monoisotopic (exact) mass is 201 g/mol. The summed E-state index contributed by atoms with van der Waals surface area (Å²) in [6.45, 7) is 6.18. The molecular weight excluding hydrogens is 178 g/mol. The lowest BCUT2D eigenvalue weighted by atomic mass is 10.2. The molecule has 84 valence electrons. The Bertz CT molecular complexity index is 147. The fourth-order valence-electron chi connectivity index (χ4n) is 2.55. The zero-order chi connectivity index (χ0) is 10.6. The molecule has 0 spiro atoms. The summed E-state index contributed by atoms with van der Waals surface area (Å²) in [4.78, 5) is 2.53. The Morgan fingerprint density at radius 3 is 1.79 bits per heavy atom. The second-order valence-corrected chi connectivity index (χ2v) is 4.34. The first-order valence-electron chi connectivity index (χ1n) is 5.46. The maximum absolute atomic E-state index is 5.25. The van der Waals surface area contributed by atoms with E-state index in [9.17, 15) is 0 Å². The molecule has 1 rings (SSSR count). The third-order valence-electron chi connectivity index (χ3n) is 2.99. The van der Waals surface area contributed by atoms with E-state index in [1.165, 1.54) is 12.8 Å². The molecule has 3 nitrogen and oxygen atoms in total. The van der Waals surface area contributed by atoms with Crippen LogP contribution in [0.4, 0.5) is 0 Å². The van der Waals surface area contributed by atoms with Crippen molar-refractivity contribution in [2.45, 2.75) is 44.8 Å². The van der Waals surface area contributed by atoms with Crippen LogP contribution in [-0.2, 0) is 9.47 Å². The molecule has 0 aromatic carbocycles. The average molecular weight is 201 g/mol. The lowest BCUT2D eigenvalue weighted by Gasteiger charge is -2.33. The van der Waals surface area contributed by atoms with E-state index in [1.807, 2.05) is 0 Å². The molecule has 3 heteroatoms. The van der Waals surface area contributed by atoms with E-state index in [2.05, 4.69) is 18.7 Å². The Labute approximate surface area is 87.4 Å².